The second-order valence-electron chi connectivity index (χ2n) is 6.68. The maximum Gasteiger partial charge on any atom is 0.269 e. The van der Waals surface area contributed by atoms with E-state index in [1.807, 2.05) is 42.5 Å². The lowest BCUT2D eigenvalue weighted by molar-refractivity contribution is 0.0945. The number of hydrogen-bond donors (Lipinski definition) is 2. The predicted molar refractivity (Wildman–Crippen MR) is 116 cm³/mol. The van der Waals surface area contributed by atoms with Gasteiger partial charge in [0.1, 0.15) is 23.5 Å². The molecule has 0 bridgehead atoms. The van der Waals surface area contributed by atoms with E-state index in [0.29, 0.717) is 28.6 Å². The predicted octanol–water partition coefficient (Wildman–Crippen LogP) is 3.48. The number of nitrogens with one attached hydrogen (secondary N) is 2. The van der Waals surface area contributed by atoms with Gasteiger partial charge < -0.3 is 14.8 Å². The molecule has 0 spiro atoms. The molecular weight excluding hydrogens is 394 g/mol. The third-order valence-electron chi connectivity index (χ3n) is 4.73. The van der Waals surface area contributed by atoms with Crippen molar-refractivity contribution in [3.05, 3.63) is 78.4 Å². The van der Waals surface area contributed by atoms with Gasteiger partial charge in [-0.1, -0.05) is 30.3 Å². The molecule has 4 aromatic rings. The van der Waals surface area contributed by atoms with E-state index in [0.717, 1.165) is 16.8 Å². The first-order valence-corrected chi connectivity index (χ1v) is 9.60. The Morgan fingerprint density at radius 3 is 2.58 bits per heavy atom. The molecule has 0 aliphatic carbocycles. The van der Waals surface area contributed by atoms with Crippen LogP contribution in [0.2, 0.25) is 0 Å². The normalized spacial score (nSPS) is 10.5. The van der Waals surface area contributed by atoms with Gasteiger partial charge in [-0.3, -0.25) is 9.89 Å². The Bertz CT molecular complexity index is 1190. The summed E-state index contributed by atoms with van der Waals surface area (Å²) < 4.78 is 10.7. The average Bonchev–Trinajstić information content (AvgIpc) is 3.33. The highest BCUT2D eigenvalue weighted by Gasteiger charge is 2.15. The smallest absolute Gasteiger partial charge is 0.269 e. The van der Waals surface area contributed by atoms with Crippen LogP contribution in [0.1, 0.15) is 16.2 Å². The number of carbonyl (C=O) groups is 1. The van der Waals surface area contributed by atoms with Gasteiger partial charge in [-0.2, -0.15) is 5.10 Å². The minimum Gasteiger partial charge on any atom is -0.497 e. The van der Waals surface area contributed by atoms with E-state index >= 15 is 0 Å². The molecule has 8 heteroatoms. The molecule has 4 rings (SSSR count). The van der Waals surface area contributed by atoms with Crippen LogP contribution in [0.25, 0.3) is 22.5 Å². The molecule has 1 amide bonds. The van der Waals surface area contributed by atoms with Crippen molar-refractivity contribution < 1.29 is 14.3 Å². The fourth-order valence-corrected chi connectivity index (χ4v) is 3.12. The number of benzene rings is 2. The molecule has 156 valence electrons. The van der Waals surface area contributed by atoms with Crippen molar-refractivity contribution in [3.63, 3.8) is 0 Å². The number of aromatic amines is 1. The van der Waals surface area contributed by atoms with Crippen molar-refractivity contribution in [1.29, 1.82) is 0 Å². The highest BCUT2D eigenvalue weighted by atomic mass is 16.5. The van der Waals surface area contributed by atoms with Crippen molar-refractivity contribution in [1.82, 2.24) is 25.5 Å². The first-order chi connectivity index (χ1) is 15.2. The number of amides is 1. The van der Waals surface area contributed by atoms with E-state index in [1.54, 1.807) is 32.4 Å². The molecule has 0 fully saturated rings. The number of hydrogen-bond acceptors (Lipinski definition) is 6. The fourth-order valence-electron chi connectivity index (χ4n) is 3.12. The van der Waals surface area contributed by atoms with Crippen molar-refractivity contribution in [2.24, 2.45) is 0 Å². The SMILES string of the molecule is COc1ccc(OC)c(-c2cc(C(=O)NCc3cc(-c4ccccc4)ncn3)[nH]n2)c1. The molecule has 8 nitrogen and oxygen atoms in total. The lowest BCUT2D eigenvalue weighted by Crippen LogP contribution is -2.23. The summed E-state index contributed by atoms with van der Waals surface area (Å²) in [5, 5.41) is 9.88. The van der Waals surface area contributed by atoms with Crippen molar-refractivity contribution in [3.8, 4) is 34.0 Å². The topological polar surface area (TPSA) is 102 Å². The number of methoxy groups -OCH3 is 2. The van der Waals surface area contributed by atoms with Crippen LogP contribution in [0.4, 0.5) is 0 Å². The minimum absolute atomic E-state index is 0.262. The zero-order valence-electron chi connectivity index (χ0n) is 17.1. The van der Waals surface area contributed by atoms with Gasteiger partial charge >= 0.3 is 0 Å². The average molecular weight is 415 g/mol. The van der Waals surface area contributed by atoms with E-state index in [4.69, 9.17) is 9.47 Å². The summed E-state index contributed by atoms with van der Waals surface area (Å²) in [6.45, 7) is 0.262. The molecule has 0 unspecified atom stereocenters. The molecule has 0 radical (unpaired) electrons. The van der Waals surface area contributed by atoms with Crippen molar-refractivity contribution in [2.75, 3.05) is 14.2 Å². The van der Waals surface area contributed by atoms with Gasteiger partial charge in [0.25, 0.3) is 5.91 Å². The first kappa shape index (κ1) is 20.1. The van der Waals surface area contributed by atoms with Gasteiger partial charge in [-0.05, 0) is 30.3 Å². The monoisotopic (exact) mass is 415 g/mol. The molecule has 2 heterocycles. The van der Waals surface area contributed by atoms with Crippen LogP contribution in [0, 0.1) is 0 Å². The van der Waals surface area contributed by atoms with Gasteiger partial charge in [-0.15, -0.1) is 0 Å². The lowest BCUT2D eigenvalue weighted by Gasteiger charge is -2.08. The molecule has 2 N–H and O–H groups in total. The first-order valence-electron chi connectivity index (χ1n) is 9.60. The lowest BCUT2D eigenvalue weighted by atomic mass is 10.1. The molecule has 0 atom stereocenters. The largest absolute Gasteiger partial charge is 0.497 e. The van der Waals surface area contributed by atoms with Crippen LogP contribution in [-0.2, 0) is 6.54 Å². The van der Waals surface area contributed by atoms with Gasteiger partial charge in [0.15, 0.2) is 0 Å². The molecule has 0 saturated carbocycles. The quantitative estimate of drug-likeness (QED) is 0.479. The number of ether oxygens (including phenoxy) is 2. The zero-order chi connectivity index (χ0) is 21.6. The highest BCUT2D eigenvalue weighted by molar-refractivity contribution is 5.93. The molecule has 0 saturated heterocycles. The van der Waals surface area contributed by atoms with E-state index in [1.165, 1.54) is 6.33 Å². The minimum atomic E-state index is -0.291. The summed E-state index contributed by atoms with van der Waals surface area (Å²) in [6, 6.07) is 18.7. The number of carbonyl (C=O) groups excluding carboxylic acids is 1. The second-order valence-corrected chi connectivity index (χ2v) is 6.68. The molecule has 31 heavy (non-hydrogen) atoms. The van der Waals surface area contributed by atoms with Gasteiger partial charge in [-0.25, -0.2) is 9.97 Å². The van der Waals surface area contributed by atoms with Gasteiger partial charge in [0, 0.05) is 11.1 Å². The molecule has 2 aromatic heterocycles. The van der Waals surface area contributed by atoms with Gasteiger partial charge in [0.05, 0.1) is 37.8 Å². The Hall–Kier alpha value is -4.20. The maximum atomic E-state index is 12.6. The number of nitrogens with zero attached hydrogens (tertiary/aromatic N) is 3. The van der Waals surface area contributed by atoms with Gasteiger partial charge in [0.2, 0.25) is 0 Å². The Morgan fingerprint density at radius 1 is 0.968 bits per heavy atom. The summed E-state index contributed by atoms with van der Waals surface area (Å²) in [5.74, 6) is 1.01. The number of aromatic nitrogens is 4. The standard InChI is InChI=1S/C23H21N5O3/c1-30-17-8-9-22(31-2)18(11-17)20-12-21(28-27-20)23(29)24-13-16-10-19(26-14-25-16)15-6-4-3-5-7-15/h3-12,14H,13H2,1-2H3,(H,24,29)(H,27,28). The Balaban J connectivity index is 1.47. The Kier molecular flexibility index (Phi) is 5.89. The Morgan fingerprint density at radius 2 is 1.81 bits per heavy atom. The third-order valence-corrected chi connectivity index (χ3v) is 4.73. The van der Waals surface area contributed by atoms with Crippen molar-refractivity contribution >= 4 is 5.91 Å². The number of rotatable bonds is 7. The van der Waals surface area contributed by atoms with E-state index in [2.05, 4.69) is 25.5 Å². The highest BCUT2D eigenvalue weighted by Crippen LogP contribution is 2.32. The van der Waals surface area contributed by atoms with Crippen LogP contribution in [0.3, 0.4) is 0 Å². The summed E-state index contributed by atoms with van der Waals surface area (Å²) in [6.07, 6.45) is 1.49. The van der Waals surface area contributed by atoms with Crippen LogP contribution in [0.15, 0.2) is 67.0 Å². The summed E-state index contributed by atoms with van der Waals surface area (Å²) >= 11 is 0. The van der Waals surface area contributed by atoms with Crippen LogP contribution < -0.4 is 14.8 Å². The number of H-pyrrole nitrogens is 1. The van der Waals surface area contributed by atoms with Crippen molar-refractivity contribution in [2.45, 2.75) is 6.54 Å². The fraction of sp³-hybridized carbons (Fsp3) is 0.130. The van der Waals surface area contributed by atoms with Crippen LogP contribution in [-0.4, -0.2) is 40.3 Å². The summed E-state index contributed by atoms with van der Waals surface area (Å²) in [4.78, 5) is 21.2. The van der Waals surface area contributed by atoms with E-state index in [-0.39, 0.29) is 12.5 Å². The zero-order valence-corrected chi connectivity index (χ0v) is 17.1. The Labute approximate surface area is 179 Å². The molecule has 0 aliphatic rings. The van der Waals surface area contributed by atoms with E-state index < -0.39 is 0 Å². The molecule has 2 aromatic carbocycles. The summed E-state index contributed by atoms with van der Waals surface area (Å²) in [5.41, 5.74) is 4.13. The third kappa shape index (κ3) is 4.53. The molecular formula is C23H21N5O3. The second kappa shape index (κ2) is 9.08. The maximum absolute atomic E-state index is 12.6. The van der Waals surface area contributed by atoms with E-state index in [9.17, 15) is 4.79 Å². The molecule has 0 aliphatic heterocycles. The van der Waals surface area contributed by atoms with Crippen LogP contribution in [0.5, 0.6) is 11.5 Å². The van der Waals surface area contributed by atoms with Crippen LogP contribution >= 0.6 is 0 Å². The summed E-state index contributed by atoms with van der Waals surface area (Å²) in [7, 11) is 3.17.